The number of aryl methyl sites for hydroxylation is 1. The third kappa shape index (κ3) is 5.72. The van der Waals surface area contributed by atoms with E-state index in [0.29, 0.717) is 6.54 Å². The molecule has 3 aromatic rings. The second-order valence-corrected chi connectivity index (χ2v) is 12.2. The first-order valence-corrected chi connectivity index (χ1v) is 14.6. The summed E-state index contributed by atoms with van der Waals surface area (Å²) in [4.78, 5) is 2.07. The molecule has 5 rings (SSSR count). The number of benzene rings is 3. The average molecular weight is 556 g/mol. The Morgan fingerprint density at radius 2 is 1.63 bits per heavy atom. The summed E-state index contributed by atoms with van der Waals surface area (Å²) >= 11 is 0. The van der Waals surface area contributed by atoms with E-state index in [4.69, 9.17) is 12.6 Å². The molecule has 0 spiro atoms. The summed E-state index contributed by atoms with van der Waals surface area (Å²) in [6.07, 6.45) is 4.46. The van der Waals surface area contributed by atoms with Gasteiger partial charge in [-0.05, 0) is 64.7 Å². The largest absolute Gasteiger partial charge is 0.425 e. The third-order valence-electron chi connectivity index (χ3n) is 7.27. The SMILES string of the molecule is CN(C)c1ccc2c(c1)C(C)(C)c1cc3c(cc1=C2)CCC[N+]=3Cc1ccc(S(=O)(=O)O)cc1.O=S(=O)=O. The van der Waals surface area contributed by atoms with E-state index in [1.807, 2.05) is 0 Å². The molecule has 10 heteroatoms. The van der Waals surface area contributed by atoms with Gasteiger partial charge in [0, 0.05) is 48.8 Å². The van der Waals surface area contributed by atoms with Crippen molar-refractivity contribution in [2.75, 3.05) is 25.5 Å². The van der Waals surface area contributed by atoms with Crippen LogP contribution < -0.4 is 20.1 Å². The number of fused-ring (bicyclic) bond motifs is 3. The van der Waals surface area contributed by atoms with Crippen LogP contribution in [-0.2, 0) is 39.1 Å². The van der Waals surface area contributed by atoms with Crippen molar-refractivity contribution < 1.29 is 25.6 Å². The van der Waals surface area contributed by atoms with E-state index in [1.165, 1.54) is 50.6 Å². The van der Waals surface area contributed by atoms with Crippen molar-refractivity contribution >= 4 is 32.5 Å². The summed E-state index contributed by atoms with van der Waals surface area (Å²) in [6.45, 7) is 6.27. The van der Waals surface area contributed by atoms with Crippen LogP contribution in [0.15, 0.2) is 59.5 Å². The first-order valence-electron chi connectivity index (χ1n) is 12.2. The maximum absolute atomic E-state index is 11.4. The van der Waals surface area contributed by atoms with E-state index in [-0.39, 0.29) is 10.3 Å². The summed E-state index contributed by atoms with van der Waals surface area (Å²) in [7, 11) is -3.14. The van der Waals surface area contributed by atoms with E-state index in [9.17, 15) is 13.0 Å². The lowest BCUT2D eigenvalue weighted by Gasteiger charge is -2.33. The Balaban J connectivity index is 0.000000786. The molecule has 1 aliphatic carbocycles. The highest BCUT2D eigenvalue weighted by Crippen LogP contribution is 2.36. The zero-order valence-electron chi connectivity index (χ0n) is 21.8. The topological polar surface area (TPSA) is 112 Å². The Morgan fingerprint density at radius 1 is 0.974 bits per heavy atom. The lowest BCUT2D eigenvalue weighted by Crippen LogP contribution is -2.42. The Kier molecular flexibility index (Phi) is 7.60. The molecule has 38 heavy (non-hydrogen) atoms. The van der Waals surface area contributed by atoms with Crippen LogP contribution in [-0.4, -0.2) is 46.2 Å². The molecule has 0 fully saturated rings. The lowest BCUT2D eigenvalue weighted by molar-refractivity contribution is 0.483. The molecule has 0 amide bonds. The fraction of sp³-hybridized carbons (Fsp3) is 0.321. The van der Waals surface area contributed by atoms with Crippen LogP contribution in [0.3, 0.4) is 0 Å². The second kappa shape index (κ2) is 10.4. The minimum absolute atomic E-state index is 0.0718. The van der Waals surface area contributed by atoms with Crippen LogP contribution in [0, 0.1) is 0 Å². The van der Waals surface area contributed by atoms with Gasteiger partial charge in [-0.15, -0.1) is 12.6 Å². The fourth-order valence-electron chi connectivity index (χ4n) is 5.34. The third-order valence-corrected chi connectivity index (χ3v) is 8.14. The minimum Gasteiger partial charge on any atom is -0.378 e. The number of hydrogen-bond acceptors (Lipinski definition) is 6. The molecular formula is C28H31N2O6S2+. The molecule has 0 radical (unpaired) electrons. The molecule has 0 unspecified atom stereocenters. The predicted molar refractivity (Wildman–Crippen MR) is 146 cm³/mol. The minimum atomic E-state index is -4.18. The van der Waals surface area contributed by atoms with Gasteiger partial charge in [0.05, 0.1) is 4.90 Å². The molecule has 3 aromatic carbocycles. The van der Waals surface area contributed by atoms with Crippen LogP contribution >= 0.6 is 0 Å². The molecule has 8 nitrogen and oxygen atoms in total. The molecule has 0 saturated carbocycles. The van der Waals surface area contributed by atoms with E-state index in [1.54, 1.807) is 12.1 Å². The Labute approximate surface area is 224 Å². The van der Waals surface area contributed by atoms with Crippen LogP contribution in [0.5, 0.6) is 0 Å². The van der Waals surface area contributed by atoms with Gasteiger partial charge < -0.3 is 4.90 Å². The van der Waals surface area contributed by atoms with Crippen LogP contribution in [0.25, 0.3) is 6.08 Å². The standard InChI is InChI=1S/C28H30N2O3S.O3S/c1-28(2)25-16-23(29(3)4)10-9-20(25)14-22-15-21-6-5-13-30(27(21)17-26(22)28)18-19-7-11-24(12-8-19)34(31,32)33;1-4(2)3/h7-12,14-17H,5-6,13,18H2,1-4H3;/p+1. The highest BCUT2D eigenvalue weighted by Gasteiger charge is 2.32. The number of anilines is 1. The molecule has 1 heterocycles. The van der Waals surface area contributed by atoms with Gasteiger partial charge in [0.1, 0.15) is 6.54 Å². The number of nitrogens with zero attached hydrogens (tertiary/aromatic N) is 2. The van der Waals surface area contributed by atoms with E-state index in [0.717, 1.165) is 24.9 Å². The van der Waals surface area contributed by atoms with Gasteiger partial charge in [-0.2, -0.15) is 8.42 Å². The molecular weight excluding hydrogens is 524 g/mol. The average Bonchev–Trinajstić information content (AvgIpc) is 2.83. The Hall–Kier alpha value is -3.34. The Morgan fingerprint density at radius 3 is 2.24 bits per heavy atom. The van der Waals surface area contributed by atoms with Gasteiger partial charge in [0.25, 0.3) is 10.1 Å². The predicted octanol–water partition coefficient (Wildman–Crippen LogP) is 2.10. The van der Waals surface area contributed by atoms with E-state index >= 15 is 0 Å². The highest BCUT2D eigenvalue weighted by atomic mass is 32.2. The van der Waals surface area contributed by atoms with Gasteiger partial charge in [0.15, 0.2) is 6.54 Å². The van der Waals surface area contributed by atoms with Crippen molar-refractivity contribution in [3.63, 3.8) is 0 Å². The van der Waals surface area contributed by atoms with Crippen molar-refractivity contribution in [1.29, 1.82) is 0 Å². The molecule has 200 valence electrons. The molecule has 2 aliphatic rings. The van der Waals surface area contributed by atoms with E-state index < -0.39 is 20.7 Å². The van der Waals surface area contributed by atoms with Crippen molar-refractivity contribution in [3.8, 4) is 0 Å². The van der Waals surface area contributed by atoms with Gasteiger partial charge >= 0.3 is 10.6 Å². The summed E-state index contributed by atoms with van der Waals surface area (Å²) in [5.41, 5.74) is 7.43. The number of rotatable bonds is 4. The van der Waals surface area contributed by atoms with Crippen LogP contribution in [0.2, 0.25) is 0 Å². The van der Waals surface area contributed by atoms with Crippen molar-refractivity contribution in [3.05, 3.63) is 93.0 Å². The van der Waals surface area contributed by atoms with Gasteiger partial charge in [-0.1, -0.05) is 32.0 Å². The van der Waals surface area contributed by atoms with Gasteiger partial charge in [0.2, 0.25) is 5.36 Å². The van der Waals surface area contributed by atoms with Gasteiger partial charge in [-0.3, -0.25) is 4.55 Å². The lowest BCUT2D eigenvalue weighted by atomic mass is 9.71. The summed E-state index contributed by atoms with van der Waals surface area (Å²) < 4.78 is 59.8. The second-order valence-electron chi connectivity index (χ2n) is 10.4. The molecule has 0 atom stereocenters. The first-order chi connectivity index (χ1) is 17.8. The van der Waals surface area contributed by atoms with E-state index in [2.05, 4.69) is 73.8 Å². The van der Waals surface area contributed by atoms with Crippen molar-refractivity contribution in [1.82, 2.24) is 4.58 Å². The Bertz CT molecular complexity index is 1740. The normalized spacial score (nSPS) is 15.1. The summed E-state index contributed by atoms with van der Waals surface area (Å²) in [5.74, 6) is 0. The monoisotopic (exact) mass is 555 g/mol. The van der Waals surface area contributed by atoms with Crippen LogP contribution in [0.1, 0.15) is 48.1 Å². The maximum atomic E-state index is 11.4. The molecule has 1 N–H and O–H groups in total. The maximum Gasteiger partial charge on any atom is 0.425 e. The smallest absolute Gasteiger partial charge is 0.378 e. The van der Waals surface area contributed by atoms with Gasteiger partial charge in [-0.25, -0.2) is 4.58 Å². The zero-order chi connectivity index (χ0) is 27.8. The van der Waals surface area contributed by atoms with Crippen LogP contribution in [0.4, 0.5) is 5.69 Å². The molecule has 0 aromatic heterocycles. The molecule has 0 bridgehead atoms. The van der Waals surface area contributed by atoms with Crippen molar-refractivity contribution in [2.45, 2.75) is 43.5 Å². The summed E-state index contributed by atoms with van der Waals surface area (Å²) in [5, 5.41) is 2.56. The van der Waals surface area contributed by atoms with Crippen molar-refractivity contribution in [2.24, 2.45) is 0 Å². The summed E-state index contributed by atoms with van der Waals surface area (Å²) in [6, 6.07) is 18.0. The number of hydrogen-bond donors (Lipinski definition) is 1. The first kappa shape index (κ1) is 27.7. The molecule has 1 aliphatic heterocycles. The highest BCUT2D eigenvalue weighted by molar-refractivity contribution is 7.85. The zero-order valence-corrected chi connectivity index (χ0v) is 23.4. The molecule has 0 saturated heterocycles. The quantitative estimate of drug-likeness (QED) is 0.388. The fourth-order valence-corrected chi connectivity index (χ4v) is 5.82.